The van der Waals surface area contributed by atoms with Crippen LogP contribution in [0.15, 0.2) is 16.5 Å². The van der Waals surface area contributed by atoms with Gasteiger partial charge in [0.25, 0.3) is 0 Å². The zero-order chi connectivity index (χ0) is 10.1. The Bertz CT molecular complexity index is 462. The number of phenolic OH excluding ortho intramolecular Hbond substituents is 1. The highest BCUT2D eigenvalue weighted by atomic mass is 16.4. The molecule has 0 saturated carbocycles. The van der Waals surface area contributed by atoms with E-state index in [1.54, 1.807) is 6.92 Å². The summed E-state index contributed by atoms with van der Waals surface area (Å²) >= 11 is 0. The van der Waals surface area contributed by atoms with Crippen molar-refractivity contribution in [2.45, 2.75) is 13.5 Å². The second-order valence-electron chi connectivity index (χ2n) is 3.18. The summed E-state index contributed by atoms with van der Waals surface area (Å²) in [6, 6.07) is 3.69. The molecular formula is C10H12N2O2. The molecule has 0 unspecified atom stereocenters. The van der Waals surface area contributed by atoms with Crippen LogP contribution < -0.4 is 5.32 Å². The van der Waals surface area contributed by atoms with E-state index in [9.17, 15) is 5.11 Å². The Morgan fingerprint density at radius 3 is 3.00 bits per heavy atom. The summed E-state index contributed by atoms with van der Waals surface area (Å²) in [5.41, 5.74) is 1.98. The predicted octanol–water partition coefficient (Wildman–Crippen LogP) is 1.56. The minimum Gasteiger partial charge on any atom is -0.504 e. The van der Waals surface area contributed by atoms with Crippen molar-refractivity contribution in [3.8, 4) is 5.75 Å². The van der Waals surface area contributed by atoms with Gasteiger partial charge in [-0.05, 0) is 13.1 Å². The van der Waals surface area contributed by atoms with Crippen LogP contribution in [0.4, 0.5) is 0 Å². The van der Waals surface area contributed by atoms with Crippen molar-refractivity contribution >= 4 is 11.1 Å². The summed E-state index contributed by atoms with van der Waals surface area (Å²) in [5.74, 6) is 0.745. The standard InChI is InChI=1S/C10H12N2O2/c1-6-12-8-4-3-7(5-11-2)9(13)10(8)14-6/h3-4,11,13H,5H2,1-2H3. The molecule has 0 fully saturated rings. The van der Waals surface area contributed by atoms with Gasteiger partial charge in [-0.25, -0.2) is 4.98 Å². The summed E-state index contributed by atoms with van der Waals surface area (Å²) in [5, 5.41) is 12.8. The first-order valence-electron chi connectivity index (χ1n) is 4.45. The van der Waals surface area contributed by atoms with E-state index in [1.165, 1.54) is 0 Å². The monoisotopic (exact) mass is 192 g/mol. The fraction of sp³-hybridized carbons (Fsp3) is 0.300. The topological polar surface area (TPSA) is 58.3 Å². The van der Waals surface area contributed by atoms with Gasteiger partial charge in [-0.3, -0.25) is 0 Å². The molecule has 0 aliphatic carbocycles. The molecule has 4 nitrogen and oxygen atoms in total. The van der Waals surface area contributed by atoms with Crippen LogP contribution in [0, 0.1) is 6.92 Å². The van der Waals surface area contributed by atoms with Crippen molar-refractivity contribution in [2.24, 2.45) is 0 Å². The SMILES string of the molecule is CNCc1ccc2nc(C)oc2c1O. The smallest absolute Gasteiger partial charge is 0.196 e. The quantitative estimate of drug-likeness (QED) is 0.758. The molecule has 74 valence electrons. The number of aromatic hydroxyl groups is 1. The van der Waals surface area contributed by atoms with Gasteiger partial charge in [0.15, 0.2) is 17.2 Å². The van der Waals surface area contributed by atoms with Crippen molar-refractivity contribution in [2.75, 3.05) is 7.05 Å². The van der Waals surface area contributed by atoms with E-state index >= 15 is 0 Å². The normalized spacial score (nSPS) is 11.0. The van der Waals surface area contributed by atoms with Gasteiger partial charge in [0.2, 0.25) is 0 Å². The van der Waals surface area contributed by atoms with Crippen LogP contribution in [0.2, 0.25) is 0 Å². The van der Waals surface area contributed by atoms with Crippen LogP contribution in [-0.2, 0) is 6.54 Å². The third kappa shape index (κ3) is 1.33. The van der Waals surface area contributed by atoms with E-state index in [-0.39, 0.29) is 5.75 Å². The van der Waals surface area contributed by atoms with Crippen molar-refractivity contribution in [3.05, 3.63) is 23.6 Å². The Balaban J connectivity index is 2.61. The summed E-state index contributed by atoms with van der Waals surface area (Å²) in [7, 11) is 1.83. The number of fused-ring (bicyclic) bond motifs is 1. The lowest BCUT2D eigenvalue weighted by Crippen LogP contribution is -2.04. The Kier molecular flexibility index (Phi) is 2.13. The second kappa shape index (κ2) is 3.31. The summed E-state index contributed by atoms with van der Waals surface area (Å²) in [6.07, 6.45) is 0. The number of hydrogen-bond donors (Lipinski definition) is 2. The zero-order valence-corrected chi connectivity index (χ0v) is 8.16. The van der Waals surface area contributed by atoms with Crippen molar-refractivity contribution < 1.29 is 9.52 Å². The number of oxazole rings is 1. The van der Waals surface area contributed by atoms with E-state index < -0.39 is 0 Å². The molecule has 2 aromatic rings. The lowest BCUT2D eigenvalue weighted by molar-refractivity contribution is 0.452. The van der Waals surface area contributed by atoms with Crippen LogP contribution in [-0.4, -0.2) is 17.1 Å². The molecule has 0 bridgehead atoms. The third-order valence-corrected chi connectivity index (χ3v) is 2.09. The number of aromatic nitrogens is 1. The van der Waals surface area contributed by atoms with Gasteiger partial charge in [0, 0.05) is 19.0 Å². The molecule has 1 aromatic heterocycles. The molecule has 0 radical (unpaired) electrons. The molecule has 0 aliphatic rings. The van der Waals surface area contributed by atoms with Crippen molar-refractivity contribution in [3.63, 3.8) is 0 Å². The lowest BCUT2D eigenvalue weighted by atomic mass is 10.2. The lowest BCUT2D eigenvalue weighted by Gasteiger charge is -2.02. The van der Waals surface area contributed by atoms with Gasteiger partial charge in [0.1, 0.15) is 5.52 Å². The Hall–Kier alpha value is -1.55. The molecule has 2 rings (SSSR count). The number of aryl methyl sites for hydroxylation is 1. The highest BCUT2D eigenvalue weighted by molar-refractivity contribution is 5.80. The Morgan fingerprint density at radius 1 is 1.50 bits per heavy atom. The largest absolute Gasteiger partial charge is 0.504 e. The molecule has 2 N–H and O–H groups in total. The minimum absolute atomic E-state index is 0.178. The van der Waals surface area contributed by atoms with Gasteiger partial charge in [-0.1, -0.05) is 6.07 Å². The molecule has 0 saturated heterocycles. The summed E-state index contributed by atoms with van der Waals surface area (Å²) in [4.78, 5) is 4.13. The number of nitrogens with one attached hydrogen (secondary N) is 1. The van der Waals surface area contributed by atoms with Gasteiger partial charge >= 0.3 is 0 Å². The fourth-order valence-electron chi connectivity index (χ4n) is 1.46. The number of phenols is 1. The maximum absolute atomic E-state index is 9.82. The second-order valence-corrected chi connectivity index (χ2v) is 3.18. The van der Waals surface area contributed by atoms with Crippen LogP contribution in [0.25, 0.3) is 11.1 Å². The number of benzene rings is 1. The average Bonchev–Trinajstić information content (AvgIpc) is 2.52. The highest BCUT2D eigenvalue weighted by Gasteiger charge is 2.10. The van der Waals surface area contributed by atoms with Gasteiger partial charge in [-0.2, -0.15) is 0 Å². The average molecular weight is 192 g/mol. The third-order valence-electron chi connectivity index (χ3n) is 2.09. The first-order valence-corrected chi connectivity index (χ1v) is 4.45. The van der Waals surface area contributed by atoms with Crippen LogP contribution >= 0.6 is 0 Å². The number of nitrogens with zero attached hydrogens (tertiary/aromatic N) is 1. The molecule has 4 heteroatoms. The maximum atomic E-state index is 9.82. The van der Waals surface area contributed by atoms with Gasteiger partial charge in [0.05, 0.1) is 0 Å². The van der Waals surface area contributed by atoms with Crippen LogP contribution in [0.1, 0.15) is 11.5 Å². The molecule has 0 aliphatic heterocycles. The van der Waals surface area contributed by atoms with Crippen LogP contribution in [0.5, 0.6) is 5.75 Å². The Morgan fingerprint density at radius 2 is 2.29 bits per heavy atom. The van der Waals surface area contributed by atoms with E-state index in [0.717, 1.165) is 5.56 Å². The molecule has 0 spiro atoms. The van der Waals surface area contributed by atoms with Crippen LogP contribution in [0.3, 0.4) is 0 Å². The fourth-order valence-corrected chi connectivity index (χ4v) is 1.46. The molecule has 1 heterocycles. The molecular weight excluding hydrogens is 180 g/mol. The first-order chi connectivity index (χ1) is 6.72. The highest BCUT2D eigenvalue weighted by Crippen LogP contribution is 2.28. The van der Waals surface area contributed by atoms with E-state index in [0.29, 0.717) is 23.5 Å². The first kappa shape index (κ1) is 9.02. The molecule has 0 amide bonds. The summed E-state index contributed by atoms with van der Waals surface area (Å²) in [6.45, 7) is 2.37. The van der Waals surface area contributed by atoms with Crippen molar-refractivity contribution in [1.82, 2.24) is 10.3 Å². The number of hydrogen-bond acceptors (Lipinski definition) is 4. The maximum Gasteiger partial charge on any atom is 0.196 e. The van der Waals surface area contributed by atoms with E-state index in [2.05, 4.69) is 10.3 Å². The minimum atomic E-state index is 0.178. The Labute approximate surface area is 81.6 Å². The molecule has 14 heavy (non-hydrogen) atoms. The zero-order valence-electron chi connectivity index (χ0n) is 8.16. The number of rotatable bonds is 2. The van der Waals surface area contributed by atoms with E-state index in [4.69, 9.17) is 4.42 Å². The molecule has 0 atom stereocenters. The van der Waals surface area contributed by atoms with E-state index in [1.807, 2.05) is 19.2 Å². The molecule has 1 aromatic carbocycles. The van der Waals surface area contributed by atoms with Gasteiger partial charge < -0.3 is 14.8 Å². The summed E-state index contributed by atoms with van der Waals surface area (Å²) < 4.78 is 5.30. The van der Waals surface area contributed by atoms with Gasteiger partial charge in [-0.15, -0.1) is 0 Å². The van der Waals surface area contributed by atoms with Crippen molar-refractivity contribution in [1.29, 1.82) is 0 Å². The predicted molar refractivity (Wildman–Crippen MR) is 53.2 cm³/mol.